The molecular weight excluding hydrogens is 551 g/mol. The Bertz CT molecular complexity index is 1540. The van der Waals surface area contributed by atoms with Crippen LogP contribution in [0.2, 0.25) is 10.0 Å². The van der Waals surface area contributed by atoms with E-state index in [2.05, 4.69) is 21.2 Å². The molecule has 4 rings (SSSR count). The molecule has 0 aliphatic rings. The van der Waals surface area contributed by atoms with Gasteiger partial charge in [-0.1, -0.05) is 81.6 Å². The summed E-state index contributed by atoms with van der Waals surface area (Å²) in [5, 5.41) is 14.3. The predicted octanol–water partition coefficient (Wildman–Crippen LogP) is 7.67. The molecule has 0 saturated heterocycles. The van der Waals surface area contributed by atoms with E-state index < -0.39 is 11.9 Å². The molecule has 0 bridgehead atoms. The molecule has 0 aliphatic carbocycles. The molecule has 172 valence electrons. The summed E-state index contributed by atoms with van der Waals surface area (Å²) < 4.78 is 6.36. The molecule has 0 atom stereocenters. The summed E-state index contributed by atoms with van der Waals surface area (Å²) in [6, 6.07) is 24.4. The standard InChI is InChI=1S/C27H15BrCl2N2O3/c28-19-11-12-24(35-27(34)21-8-3-6-16-5-1-2-7-20(16)21)17(14-19)13-18(15-31)26(33)32-23-10-4-9-22(29)25(23)30/h1-14H,(H,32,33)/b18-13+. The third-order valence-corrected chi connectivity index (χ3v) is 6.36. The van der Waals surface area contributed by atoms with E-state index in [-0.39, 0.29) is 27.1 Å². The lowest BCUT2D eigenvalue weighted by molar-refractivity contribution is -0.112. The number of nitrogens with zero attached hydrogens (tertiary/aromatic N) is 1. The summed E-state index contributed by atoms with van der Waals surface area (Å²) in [6.07, 6.45) is 1.34. The quantitative estimate of drug-likeness (QED) is 0.116. The molecule has 5 nitrogen and oxygen atoms in total. The summed E-state index contributed by atoms with van der Waals surface area (Å²) in [7, 11) is 0. The molecule has 0 spiro atoms. The van der Waals surface area contributed by atoms with Gasteiger partial charge < -0.3 is 10.1 Å². The van der Waals surface area contributed by atoms with Crippen molar-refractivity contribution in [3.05, 3.63) is 110 Å². The molecule has 0 unspecified atom stereocenters. The maximum absolute atomic E-state index is 13.0. The molecule has 1 amide bonds. The van der Waals surface area contributed by atoms with Crippen LogP contribution >= 0.6 is 39.1 Å². The van der Waals surface area contributed by atoms with E-state index in [4.69, 9.17) is 27.9 Å². The van der Waals surface area contributed by atoms with Crippen molar-refractivity contribution >= 4 is 73.5 Å². The van der Waals surface area contributed by atoms with Crippen molar-refractivity contribution in [1.82, 2.24) is 0 Å². The topological polar surface area (TPSA) is 79.2 Å². The van der Waals surface area contributed by atoms with Crippen LogP contribution in [-0.2, 0) is 4.79 Å². The van der Waals surface area contributed by atoms with Gasteiger partial charge in [0, 0.05) is 10.0 Å². The number of nitrogens with one attached hydrogen (secondary N) is 1. The second-order valence-electron chi connectivity index (χ2n) is 7.32. The van der Waals surface area contributed by atoms with Crippen LogP contribution in [0.25, 0.3) is 16.8 Å². The molecule has 0 radical (unpaired) electrons. The minimum absolute atomic E-state index is 0.159. The molecule has 0 saturated carbocycles. The average Bonchev–Trinajstić information content (AvgIpc) is 2.86. The fourth-order valence-electron chi connectivity index (χ4n) is 3.38. The van der Waals surface area contributed by atoms with Crippen molar-refractivity contribution in [1.29, 1.82) is 5.26 Å². The van der Waals surface area contributed by atoms with Gasteiger partial charge in [-0.15, -0.1) is 0 Å². The molecule has 35 heavy (non-hydrogen) atoms. The Hall–Kier alpha value is -3.63. The Balaban J connectivity index is 1.66. The summed E-state index contributed by atoms with van der Waals surface area (Å²) in [5.41, 5.74) is 0.801. The fraction of sp³-hybridized carbons (Fsp3) is 0. The number of hydrogen-bond acceptors (Lipinski definition) is 4. The number of anilines is 1. The van der Waals surface area contributed by atoms with Gasteiger partial charge in [-0.05, 0) is 53.2 Å². The van der Waals surface area contributed by atoms with Crippen LogP contribution in [0, 0.1) is 11.3 Å². The maximum atomic E-state index is 13.0. The lowest BCUT2D eigenvalue weighted by atomic mass is 10.0. The molecular formula is C27H15BrCl2N2O3. The normalized spacial score (nSPS) is 11.1. The number of fused-ring (bicyclic) bond motifs is 1. The van der Waals surface area contributed by atoms with Crippen LogP contribution in [0.3, 0.4) is 0 Å². The second kappa shape index (κ2) is 10.7. The smallest absolute Gasteiger partial charge is 0.344 e. The van der Waals surface area contributed by atoms with E-state index in [1.807, 2.05) is 36.4 Å². The minimum Gasteiger partial charge on any atom is -0.422 e. The number of nitriles is 1. The van der Waals surface area contributed by atoms with Gasteiger partial charge in [0.05, 0.1) is 21.3 Å². The summed E-state index contributed by atoms with van der Waals surface area (Å²) in [4.78, 5) is 25.8. The van der Waals surface area contributed by atoms with Crippen molar-refractivity contribution in [3.63, 3.8) is 0 Å². The van der Waals surface area contributed by atoms with Crippen molar-refractivity contribution in [3.8, 4) is 11.8 Å². The van der Waals surface area contributed by atoms with Crippen molar-refractivity contribution in [2.45, 2.75) is 0 Å². The van der Waals surface area contributed by atoms with Gasteiger partial charge in [0.2, 0.25) is 0 Å². The number of amides is 1. The summed E-state index contributed by atoms with van der Waals surface area (Å²) in [6.45, 7) is 0. The van der Waals surface area contributed by atoms with E-state index in [9.17, 15) is 14.9 Å². The van der Waals surface area contributed by atoms with E-state index in [1.165, 1.54) is 6.08 Å². The molecule has 4 aromatic rings. The monoisotopic (exact) mass is 564 g/mol. The molecule has 0 aromatic heterocycles. The largest absolute Gasteiger partial charge is 0.422 e. The van der Waals surface area contributed by atoms with E-state index in [0.29, 0.717) is 15.6 Å². The van der Waals surface area contributed by atoms with Crippen molar-refractivity contribution < 1.29 is 14.3 Å². The third-order valence-electron chi connectivity index (χ3n) is 5.05. The zero-order chi connectivity index (χ0) is 24.9. The maximum Gasteiger partial charge on any atom is 0.344 e. The summed E-state index contributed by atoms with van der Waals surface area (Å²) in [5.74, 6) is -1.07. The number of carbonyl (C=O) groups is 2. The number of hydrogen-bond donors (Lipinski definition) is 1. The lowest BCUT2D eigenvalue weighted by Crippen LogP contribution is -2.14. The highest BCUT2D eigenvalue weighted by molar-refractivity contribution is 9.10. The van der Waals surface area contributed by atoms with E-state index in [1.54, 1.807) is 48.5 Å². The number of halogens is 3. The number of esters is 1. The average molecular weight is 566 g/mol. The Labute approximate surface area is 219 Å². The molecule has 0 heterocycles. The van der Waals surface area contributed by atoms with Gasteiger partial charge in [0.1, 0.15) is 17.4 Å². The number of ether oxygens (including phenoxy) is 1. The first-order chi connectivity index (χ1) is 16.9. The van der Waals surface area contributed by atoms with Crippen LogP contribution in [0.15, 0.2) is 88.9 Å². The second-order valence-corrected chi connectivity index (χ2v) is 9.02. The van der Waals surface area contributed by atoms with Gasteiger partial charge in [-0.3, -0.25) is 4.79 Å². The van der Waals surface area contributed by atoms with Gasteiger partial charge in [-0.25, -0.2) is 4.79 Å². The highest BCUT2D eigenvalue weighted by Crippen LogP contribution is 2.31. The highest BCUT2D eigenvalue weighted by Gasteiger charge is 2.17. The van der Waals surface area contributed by atoms with Gasteiger partial charge in [-0.2, -0.15) is 5.26 Å². The third kappa shape index (κ3) is 5.55. The Kier molecular flexibility index (Phi) is 7.52. The lowest BCUT2D eigenvalue weighted by Gasteiger charge is -2.11. The number of carbonyl (C=O) groups excluding carboxylic acids is 2. The van der Waals surface area contributed by atoms with E-state index in [0.717, 1.165) is 10.8 Å². The predicted molar refractivity (Wildman–Crippen MR) is 142 cm³/mol. The van der Waals surface area contributed by atoms with Crippen LogP contribution in [0.4, 0.5) is 5.69 Å². The fourth-order valence-corrected chi connectivity index (χ4v) is 4.10. The van der Waals surface area contributed by atoms with Crippen LogP contribution < -0.4 is 10.1 Å². The Morgan fingerprint density at radius 3 is 2.51 bits per heavy atom. The Morgan fingerprint density at radius 2 is 1.71 bits per heavy atom. The van der Waals surface area contributed by atoms with Crippen LogP contribution in [0.1, 0.15) is 15.9 Å². The first-order valence-electron chi connectivity index (χ1n) is 10.2. The van der Waals surface area contributed by atoms with Gasteiger partial charge in [0.15, 0.2) is 0 Å². The zero-order valence-electron chi connectivity index (χ0n) is 17.9. The van der Waals surface area contributed by atoms with Crippen LogP contribution in [0.5, 0.6) is 5.75 Å². The van der Waals surface area contributed by atoms with Gasteiger partial charge in [0.25, 0.3) is 5.91 Å². The van der Waals surface area contributed by atoms with Crippen molar-refractivity contribution in [2.24, 2.45) is 0 Å². The van der Waals surface area contributed by atoms with Crippen LogP contribution in [-0.4, -0.2) is 11.9 Å². The zero-order valence-corrected chi connectivity index (χ0v) is 21.0. The first kappa shape index (κ1) is 24.5. The van der Waals surface area contributed by atoms with E-state index >= 15 is 0 Å². The highest BCUT2D eigenvalue weighted by atomic mass is 79.9. The number of benzene rings is 4. The molecule has 8 heteroatoms. The minimum atomic E-state index is -0.692. The number of rotatable bonds is 5. The molecule has 0 aliphatic heterocycles. The SMILES string of the molecule is N#C/C(=C\c1cc(Br)ccc1OC(=O)c1cccc2ccccc12)C(=O)Nc1cccc(Cl)c1Cl. The molecule has 1 N–H and O–H groups in total. The van der Waals surface area contributed by atoms with Crippen molar-refractivity contribution in [2.75, 3.05) is 5.32 Å². The molecule has 0 fully saturated rings. The summed E-state index contributed by atoms with van der Waals surface area (Å²) >= 11 is 15.5. The Morgan fingerprint density at radius 1 is 0.971 bits per heavy atom. The molecule has 4 aromatic carbocycles. The first-order valence-corrected chi connectivity index (χ1v) is 11.8. The van der Waals surface area contributed by atoms with Gasteiger partial charge >= 0.3 is 5.97 Å².